The van der Waals surface area contributed by atoms with E-state index in [1.54, 1.807) is 0 Å². The molecule has 5 heteroatoms. The van der Waals surface area contributed by atoms with Crippen LogP contribution in [0.25, 0.3) is 0 Å². The Kier molecular flexibility index (Phi) is 5.76. The maximum Gasteiger partial charge on any atom is 0.305 e. The molecular weight excluding hydrogens is 269 g/mol. The topological polar surface area (TPSA) is 63.3 Å². The van der Waals surface area contributed by atoms with Gasteiger partial charge in [0.15, 0.2) is 0 Å². The largest absolute Gasteiger partial charge is 0.481 e. The molecule has 0 fully saturated rings. The molecule has 0 unspecified atom stereocenters. The van der Waals surface area contributed by atoms with Crippen LogP contribution < -0.4 is 5.73 Å². The maximum atomic E-state index is 10.4. The molecule has 78 valence electrons. The molecule has 14 heavy (non-hydrogen) atoms. The first kappa shape index (κ1) is 13.4. The van der Waals surface area contributed by atoms with Crippen molar-refractivity contribution in [2.24, 2.45) is 5.73 Å². The van der Waals surface area contributed by atoms with Crippen molar-refractivity contribution < 1.29 is 9.90 Å². The molecule has 3 N–H and O–H groups in total. The Labute approximate surface area is 96.8 Å². The van der Waals surface area contributed by atoms with Crippen molar-refractivity contribution in [3.63, 3.8) is 0 Å². The minimum Gasteiger partial charge on any atom is -0.481 e. The van der Waals surface area contributed by atoms with E-state index in [9.17, 15) is 4.79 Å². The van der Waals surface area contributed by atoms with Gasteiger partial charge in [-0.3, -0.25) is 4.79 Å². The van der Waals surface area contributed by atoms with Crippen molar-refractivity contribution >= 4 is 34.3 Å². The van der Waals surface area contributed by atoms with Crippen molar-refractivity contribution in [1.82, 2.24) is 0 Å². The smallest absolute Gasteiger partial charge is 0.305 e. The van der Waals surface area contributed by atoms with Crippen LogP contribution in [0, 0.1) is 0 Å². The van der Waals surface area contributed by atoms with Crippen LogP contribution in [0.2, 0.25) is 0 Å². The van der Waals surface area contributed by atoms with Crippen LogP contribution in [-0.2, 0) is 4.79 Å². The first-order valence-electron chi connectivity index (χ1n) is 3.82. The quantitative estimate of drug-likeness (QED) is 0.893. The standard InChI is InChI=1S/C9H10BrNO2.ClH/c10-7-3-1-2-6(4-7)8(11)5-9(12)13;/h1-4,8H,5,11H2,(H,12,13);1H/t8-;/m0./s1. The SMILES string of the molecule is Cl.N[C@@H](CC(=O)O)c1cccc(Br)c1. The van der Waals surface area contributed by atoms with E-state index >= 15 is 0 Å². The van der Waals surface area contributed by atoms with Gasteiger partial charge in [-0.25, -0.2) is 0 Å². The van der Waals surface area contributed by atoms with E-state index in [-0.39, 0.29) is 18.8 Å². The van der Waals surface area contributed by atoms with Gasteiger partial charge in [0, 0.05) is 10.5 Å². The van der Waals surface area contributed by atoms with Crippen molar-refractivity contribution in [2.75, 3.05) is 0 Å². The second-order valence-corrected chi connectivity index (χ2v) is 3.68. The second-order valence-electron chi connectivity index (χ2n) is 2.76. The van der Waals surface area contributed by atoms with Gasteiger partial charge >= 0.3 is 5.97 Å². The van der Waals surface area contributed by atoms with E-state index in [1.807, 2.05) is 24.3 Å². The molecule has 0 saturated heterocycles. The van der Waals surface area contributed by atoms with Crippen LogP contribution in [0.3, 0.4) is 0 Å². The summed E-state index contributed by atoms with van der Waals surface area (Å²) in [5, 5.41) is 8.52. The van der Waals surface area contributed by atoms with Gasteiger partial charge in [0.05, 0.1) is 6.42 Å². The van der Waals surface area contributed by atoms with Crippen LogP contribution in [-0.4, -0.2) is 11.1 Å². The van der Waals surface area contributed by atoms with Gasteiger partial charge in [-0.1, -0.05) is 28.1 Å². The number of hydrogen-bond acceptors (Lipinski definition) is 2. The van der Waals surface area contributed by atoms with Crippen LogP contribution in [0.5, 0.6) is 0 Å². The van der Waals surface area contributed by atoms with Crippen LogP contribution in [0.15, 0.2) is 28.7 Å². The van der Waals surface area contributed by atoms with Crippen LogP contribution >= 0.6 is 28.3 Å². The van der Waals surface area contributed by atoms with Gasteiger partial charge in [-0.2, -0.15) is 0 Å². The van der Waals surface area contributed by atoms with E-state index in [0.717, 1.165) is 10.0 Å². The average Bonchev–Trinajstić information content (AvgIpc) is 2.03. The number of benzene rings is 1. The number of nitrogens with two attached hydrogens (primary N) is 1. The van der Waals surface area contributed by atoms with E-state index in [1.165, 1.54) is 0 Å². The predicted octanol–water partition coefficient (Wildman–Crippen LogP) is 2.35. The Morgan fingerprint density at radius 3 is 2.71 bits per heavy atom. The number of hydrogen-bond donors (Lipinski definition) is 2. The molecule has 1 rings (SSSR count). The number of rotatable bonds is 3. The van der Waals surface area contributed by atoms with Gasteiger partial charge in [-0.05, 0) is 17.7 Å². The van der Waals surface area contributed by atoms with Crippen molar-refractivity contribution in [2.45, 2.75) is 12.5 Å². The van der Waals surface area contributed by atoms with E-state index in [4.69, 9.17) is 10.8 Å². The summed E-state index contributed by atoms with van der Waals surface area (Å²) in [6.45, 7) is 0. The van der Waals surface area contributed by atoms with Gasteiger partial charge in [0.1, 0.15) is 0 Å². The Bertz CT molecular complexity index is 319. The summed E-state index contributed by atoms with van der Waals surface area (Å²) >= 11 is 3.29. The molecule has 1 aromatic rings. The molecule has 1 atom stereocenters. The Morgan fingerprint density at radius 1 is 1.57 bits per heavy atom. The molecule has 0 radical (unpaired) electrons. The normalized spacial score (nSPS) is 11.6. The van der Waals surface area contributed by atoms with Crippen LogP contribution in [0.1, 0.15) is 18.0 Å². The lowest BCUT2D eigenvalue weighted by molar-refractivity contribution is -0.137. The monoisotopic (exact) mass is 279 g/mol. The molecule has 0 aliphatic rings. The zero-order valence-electron chi connectivity index (χ0n) is 7.31. The Balaban J connectivity index is 0.00000169. The number of carboxylic acid groups (broad SMARTS) is 1. The summed E-state index contributed by atoms with van der Waals surface area (Å²) in [7, 11) is 0. The first-order chi connectivity index (χ1) is 6.09. The summed E-state index contributed by atoms with van der Waals surface area (Å²) < 4.78 is 0.908. The summed E-state index contributed by atoms with van der Waals surface area (Å²) in [4.78, 5) is 10.4. The molecule has 0 heterocycles. The highest BCUT2D eigenvalue weighted by molar-refractivity contribution is 9.10. The van der Waals surface area contributed by atoms with Gasteiger partial charge in [-0.15, -0.1) is 12.4 Å². The molecular formula is C9H11BrClNO2. The summed E-state index contributed by atoms with van der Waals surface area (Å²) in [6, 6.07) is 6.92. The Hall–Kier alpha value is -0.580. The van der Waals surface area contributed by atoms with E-state index < -0.39 is 12.0 Å². The summed E-state index contributed by atoms with van der Waals surface area (Å²) in [5.74, 6) is -0.882. The minimum absolute atomic E-state index is 0. The number of halogens is 2. The molecule has 0 saturated carbocycles. The molecule has 0 aliphatic carbocycles. The Morgan fingerprint density at radius 2 is 2.21 bits per heavy atom. The first-order valence-corrected chi connectivity index (χ1v) is 4.61. The van der Waals surface area contributed by atoms with Crippen LogP contribution in [0.4, 0.5) is 0 Å². The number of carboxylic acids is 1. The third kappa shape index (κ3) is 4.09. The molecule has 0 spiro atoms. The fourth-order valence-electron chi connectivity index (χ4n) is 1.04. The molecule has 1 aromatic carbocycles. The zero-order valence-corrected chi connectivity index (χ0v) is 9.72. The van der Waals surface area contributed by atoms with Crippen molar-refractivity contribution in [3.05, 3.63) is 34.3 Å². The zero-order chi connectivity index (χ0) is 9.84. The highest BCUT2D eigenvalue weighted by atomic mass is 79.9. The summed E-state index contributed by atoms with van der Waals surface area (Å²) in [6.07, 6.45) is -0.0452. The van der Waals surface area contributed by atoms with Crippen molar-refractivity contribution in [1.29, 1.82) is 0 Å². The minimum atomic E-state index is -0.882. The fourth-order valence-corrected chi connectivity index (χ4v) is 1.46. The third-order valence-corrected chi connectivity index (χ3v) is 2.16. The number of carbonyl (C=O) groups is 1. The van der Waals surface area contributed by atoms with Gasteiger partial charge < -0.3 is 10.8 Å². The molecule has 0 aliphatic heterocycles. The molecule has 0 bridgehead atoms. The van der Waals surface area contributed by atoms with Gasteiger partial charge in [0.2, 0.25) is 0 Å². The lowest BCUT2D eigenvalue weighted by Crippen LogP contribution is -2.14. The maximum absolute atomic E-state index is 10.4. The average molecular weight is 281 g/mol. The molecule has 3 nitrogen and oxygen atoms in total. The predicted molar refractivity (Wildman–Crippen MR) is 60.6 cm³/mol. The highest BCUT2D eigenvalue weighted by Crippen LogP contribution is 2.18. The van der Waals surface area contributed by atoms with Crippen molar-refractivity contribution in [3.8, 4) is 0 Å². The summed E-state index contributed by atoms with van der Waals surface area (Å²) in [5.41, 5.74) is 6.49. The third-order valence-electron chi connectivity index (χ3n) is 1.67. The number of aliphatic carboxylic acids is 1. The van der Waals surface area contributed by atoms with E-state index in [0.29, 0.717) is 0 Å². The molecule has 0 aromatic heterocycles. The molecule has 0 amide bonds. The highest BCUT2D eigenvalue weighted by Gasteiger charge is 2.09. The lowest BCUT2D eigenvalue weighted by Gasteiger charge is -2.08. The van der Waals surface area contributed by atoms with Gasteiger partial charge in [0.25, 0.3) is 0 Å². The van der Waals surface area contributed by atoms with E-state index in [2.05, 4.69) is 15.9 Å². The second kappa shape index (κ2) is 6.01. The fraction of sp³-hybridized carbons (Fsp3) is 0.222. The lowest BCUT2D eigenvalue weighted by atomic mass is 10.1.